The summed E-state index contributed by atoms with van der Waals surface area (Å²) in [6.07, 6.45) is -4.11. The molecule has 9 nitrogen and oxygen atoms in total. The van der Waals surface area contributed by atoms with Crippen LogP contribution in [0.4, 0.5) is 18.0 Å². The maximum Gasteiger partial charge on any atom is 0.433 e. The molecule has 4 rings (SSSR count). The zero-order chi connectivity index (χ0) is 24.5. The number of methoxy groups -OCH3 is 1. The summed E-state index contributed by atoms with van der Waals surface area (Å²) in [6.45, 7) is 2.85. The summed E-state index contributed by atoms with van der Waals surface area (Å²) in [5, 5.41) is 3.81. The first kappa shape index (κ1) is 23.3. The lowest BCUT2D eigenvalue weighted by atomic mass is 10.1. The van der Waals surface area contributed by atoms with Crippen molar-refractivity contribution in [3.63, 3.8) is 0 Å². The third-order valence-corrected chi connectivity index (χ3v) is 5.45. The number of benzene rings is 1. The lowest BCUT2D eigenvalue weighted by Crippen LogP contribution is -2.50. The van der Waals surface area contributed by atoms with Gasteiger partial charge in [0, 0.05) is 31.7 Å². The van der Waals surface area contributed by atoms with Crippen LogP contribution in [0.2, 0.25) is 0 Å². The number of alkyl halides is 3. The molecule has 3 heterocycles. The summed E-state index contributed by atoms with van der Waals surface area (Å²) in [5.41, 5.74) is -0.887. The van der Waals surface area contributed by atoms with Crippen molar-refractivity contribution in [2.75, 3.05) is 39.9 Å². The molecular weight excluding hydrogens is 455 g/mol. The molecule has 34 heavy (non-hydrogen) atoms. The van der Waals surface area contributed by atoms with Gasteiger partial charge in [-0.3, -0.25) is 4.79 Å². The second-order valence-electron chi connectivity index (χ2n) is 7.53. The fourth-order valence-corrected chi connectivity index (χ4v) is 3.72. The number of fused-ring (bicyclic) bond motifs is 1. The van der Waals surface area contributed by atoms with Crippen LogP contribution in [0.1, 0.15) is 23.0 Å². The molecule has 0 aliphatic carbocycles. The number of amides is 2. The highest BCUT2D eigenvalue weighted by atomic mass is 19.4. The van der Waals surface area contributed by atoms with Gasteiger partial charge in [0.25, 0.3) is 5.91 Å². The largest absolute Gasteiger partial charge is 0.497 e. The minimum absolute atomic E-state index is 0.0282. The molecule has 0 spiro atoms. The minimum Gasteiger partial charge on any atom is -0.497 e. The van der Waals surface area contributed by atoms with Crippen molar-refractivity contribution in [2.45, 2.75) is 13.1 Å². The van der Waals surface area contributed by atoms with E-state index in [0.29, 0.717) is 15.8 Å². The first-order valence-electron chi connectivity index (χ1n) is 10.5. The standard InChI is InChI=1S/C22H22F3N5O4/c1-3-34-21(32)29-9-7-28(8-10-29)20(31)16-13-26-30-18(22(23,24)25)12-17(27-19(16)30)14-5-4-6-15(11-14)33-2/h4-6,11-13H,3,7-10H2,1-2H3. The Balaban J connectivity index is 1.70. The Bertz CT molecular complexity index is 1220. The highest BCUT2D eigenvalue weighted by Crippen LogP contribution is 2.33. The molecule has 12 heteroatoms. The van der Waals surface area contributed by atoms with Crippen molar-refractivity contribution in [3.05, 3.63) is 47.8 Å². The van der Waals surface area contributed by atoms with Crippen LogP contribution in [0, 0.1) is 0 Å². The van der Waals surface area contributed by atoms with Gasteiger partial charge in [0.1, 0.15) is 11.3 Å². The van der Waals surface area contributed by atoms with Crippen LogP contribution < -0.4 is 4.74 Å². The summed E-state index contributed by atoms with van der Waals surface area (Å²) in [7, 11) is 1.45. The third kappa shape index (κ3) is 4.47. The van der Waals surface area contributed by atoms with Crippen LogP contribution in [0.15, 0.2) is 36.5 Å². The number of aromatic nitrogens is 3. The number of halogens is 3. The average molecular weight is 477 g/mol. The van der Waals surface area contributed by atoms with Gasteiger partial charge in [-0.2, -0.15) is 18.3 Å². The van der Waals surface area contributed by atoms with Gasteiger partial charge in [-0.05, 0) is 25.1 Å². The smallest absolute Gasteiger partial charge is 0.433 e. The van der Waals surface area contributed by atoms with Crippen LogP contribution in [0.5, 0.6) is 5.75 Å². The summed E-state index contributed by atoms with van der Waals surface area (Å²) in [4.78, 5) is 32.4. The highest BCUT2D eigenvalue weighted by Gasteiger charge is 2.36. The van der Waals surface area contributed by atoms with E-state index in [2.05, 4.69) is 10.1 Å². The van der Waals surface area contributed by atoms with Crippen LogP contribution in [0.25, 0.3) is 16.9 Å². The lowest BCUT2D eigenvalue weighted by Gasteiger charge is -2.33. The Morgan fingerprint density at radius 3 is 2.44 bits per heavy atom. The fourth-order valence-electron chi connectivity index (χ4n) is 3.72. The summed E-state index contributed by atoms with van der Waals surface area (Å²) in [6, 6.07) is 7.36. The third-order valence-electron chi connectivity index (χ3n) is 5.45. The number of hydrogen-bond donors (Lipinski definition) is 0. The van der Waals surface area contributed by atoms with Crippen LogP contribution >= 0.6 is 0 Å². The van der Waals surface area contributed by atoms with Gasteiger partial charge in [0.05, 0.1) is 25.6 Å². The number of rotatable bonds is 4. The number of carbonyl (C=O) groups excluding carboxylic acids is 2. The van der Waals surface area contributed by atoms with Crippen molar-refractivity contribution in [1.82, 2.24) is 24.4 Å². The van der Waals surface area contributed by atoms with Gasteiger partial charge in [0.15, 0.2) is 11.3 Å². The molecule has 2 amide bonds. The minimum atomic E-state index is -4.73. The van der Waals surface area contributed by atoms with Gasteiger partial charge < -0.3 is 19.3 Å². The monoisotopic (exact) mass is 477 g/mol. The first-order valence-corrected chi connectivity index (χ1v) is 10.5. The van der Waals surface area contributed by atoms with Crippen molar-refractivity contribution < 1.29 is 32.2 Å². The Kier molecular flexibility index (Phi) is 6.31. The van der Waals surface area contributed by atoms with E-state index in [-0.39, 0.29) is 49.7 Å². The Hall–Kier alpha value is -3.83. The van der Waals surface area contributed by atoms with Crippen molar-refractivity contribution in [2.24, 2.45) is 0 Å². The molecule has 0 unspecified atom stereocenters. The van der Waals surface area contributed by atoms with Gasteiger partial charge in [0.2, 0.25) is 0 Å². The zero-order valence-corrected chi connectivity index (χ0v) is 18.5. The molecule has 180 valence electrons. The molecule has 1 fully saturated rings. The molecule has 1 aromatic carbocycles. The lowest BCUT2D eigenvalue weighted by molar-refractivity contribution is -0.142. The van der Waals surface area contributed by atoms with Crippen molar-refractivity contribution in [3.8, 4) is 17.0 Å². The van der Waals surface area contributed by atoms with Crippen LogP contribution in [-0.4, -0.2) is 76.3 Å². The Labute approximate surface area is 192 Å². The normalized spacial score (nSPS) is 14.4. The second-order valence-corrected chi connectivity index (χ2v) is 7.53. The fraction of sp³-hybridized carbons (Fsp3) is 0.364. The van der Waals surface area contributed by atoms with E-state index in [9.17, 15) is 22.8 Å². The number of nitrogens with zero attached hydrogens (tertiary/aromatic N) is 5. The number of piperazine rings is 1. The molecule has 0 bridgehead atoms. The average Bonchev–Trinajstić information content (AvgIpc) is 3.26. The quantitative estimate of drug-likeness (QED) is 0.573. The van der Waals surface area contributed by atoms with Crippen molar-refractivity contribution in [1.29, 1.82) is 0 Å². The van der Waals surface area contributed by atoms with Gasteiger partial charge in [-0.15, -0.1) is 0 Å². The van der Waals surface area contributed by atoms with Crippen LogP contribution in [-0.2, 0) is 10.9 Å². The van der Waals surface area contributed by atoms with Crippen molar-refractivity contribution >= 4 is 17.6 Å². The maximum absolute atomic E-state index is 13.8. The van der Waals surface area contributed by atoms with E-state index in [4.69, 9.17) is 9.47 Å². The van der Waals surface area contributed by atoms with E-state index in [1.54, 1.807) is 31.2 Å². The Morgan fingerprint density at radius 2 is 1.79 bits per heavy atom. The molecule has 0 atom stereocenters. The van der Waals surface area contributed by atoms with Gasteiger partial charge in [-0.1, -0.05) is 12.1 Å². The van der Waals surface area contributed by atoms with Gasteiger partial charge >= 0.3 is 12.3 Å². The molecule has 1 saturated heterocycles. The van der Waals surface area contributed by atoms with Gasteiger partial charge in [-0.25, -0.2) is 14.3 Å². The van der Waals surface area contributed by atoms with Crippen LogP contribution in [0.3, 0.4) is 0 Å². The molecule has 0 saturated carbocycles. The molecule has 1 aliphatic rings. The summed E-state index contributed by atoms with van der Waals surface area (Å²) >= 11 is 0. The SMILES string of the molecule is CCOC(=O)N1CCN(C(=O)c2cnn3c(C(F)(F)F)cc(-c4cccc(OC)c4)nc23)CC1. The molecule has 2 aromatic heterocycles. The summed E-state index contributed by atoms with van der Waals surface area (Å²) in [5.74, 6) is -0.0565. The number of carbonyl (C=O) groups is 2. The highest BCUT2D eigenvalue weighted by molar-refractivity contribution is 6.00. The molecular formula is C22H22F3N5O4. The van der Waals surface area contributed by atoms with E-state index in [1.807, 2.05) is 0 Å². The van der Waals surface area contributed by atoms with E-state index in [1.165, 1.54) is 16.9 Å². The molecule has 0 N–H and O–H groups in total. The molecule has 0 radical (unpaired) electrons. The Morgan fingerprint density at radius 1 is 1.09 bits per heavy atom. The first-order chi connectivity index (χ1) is 16.2. The zero-order valence-electron chi connectivity index (χ0n) is 18.5. The van der Waals surface area contributed by atoms with E-state index in [0.717, 1.165) is 12.3 Å². The molecule has 3 aromatic rings. The van der Waals surface area contributed by atoms with E-state index < -0.39 is 23.9 Å². The maximum atomic E-state index is 13.8. The topological polar surface area (TPSA) is 89.3 Å². The number of ether oxygens (including phenoxy) is 2. The molecule has 1 aliphatic heterocycles. The second kappa shape index (κ2) is 9.20. The summed E-state index contributed by atoms with van der Waals surface area (Å²) < 4.78 is 52.3. The predicted molar refractivity (Wildman–Crippen MR) is 114 cm³/mol. The number of hydrogen-bond acceptors (Lipinski definition) is 6. The predicted octanol–water partition coefficient (Wildman–Crippen LogP) is 3.34. The van der Waals surface area contributed by atoms with E-state index >= 15 is 0 Å².